The van der Waals surface area contributed by atoms with Gasteiger partial charge in [-0.05, 0) is 67.9 Å². The first kappa shape index (κ1) is 45.1. The normalized spacial score (nSPS) is 15.7. The van der Waals surface area contributed by atoms with Crippen LogP contribution in [0.15, 0.2) is 84.2 Å². The van der Waals surface area contributed by atoms with Gasteiger partial charge >= 0.3 is 0 Å². The highest BCUT2D eigenvalue weighted by Crippen LogP contribution is 2.45. The van der Waals surface area contributed by atoms with E-state index in [2.05, 4.69) is 47.5 Å². The molecule has 2 aliphatic heterocycles. The molecule has 7 heterocycles. The van der Waals surface area contributed by atoms with Crippen LogP contribution in [0.1, 0.15) is 73.8 Å². The number of aromatic nitrogens is 9. The van der Waals surface area contributed by atoms with E-state index in [4.69, 9.17) is 4.42 Å². The summed E-state index contributed by atoms with van der Waals surface area (Å²) in [6.45, 7) is 6.43. The highest BCUT2D eigenvalue weighted by atomic mass is 19.2. The molecule has 2 saturated heterocycles. The molecule has 2 aliphatic rings. The maximum Gasteiger partial charge on any atom is 0.212 e. The lowest BCUT2D eigenvalue weighted by Gasteiger charge is -2.38. The van der Waals surface area contributed by atoms with E-state index in [-0.39, 0.29) is 31.5 Å². The third kappa shape index (κ3) is 8.94. The Hall–Kier alpha value is -7.51. The summed E-state index contributed by atoms with van der Waals surface area (Å²) in [4.78, 5) is 15.6. The average molecular weight is 900 g/mol. The summed E-state index contributed by atoms with van der Waals surface area (Å²) >= 11 is 0. The van der Waals surface area contributed by atoms with E-state index in [1.807, 2.05) is 15.9 Å². The minimum atomic E-state index is -1.61. The molecule has 0 atom stereocenters. The molecule has 0 aliphatic carbocycles. The Kier molecular flexibility index (Phi) is 12.2. The van der Waals surface area contributed by atoms with Crippen molar-refractivity contribution in [1.29, 1.82) is 10.5 Å². The minimum absolute atomic E-state index is 0.179. The molecule has 5 aromatic heterocycles. The summed E-state index contributed by atoms with van der Waals surface area (Å²) in [5, 5.41) is 46.0. The maximum atomic E-state index is 15.7. The third-order valence-corrected chi connectivity index (χ3v) is 12.1. The van der Waals surface area contributed by atoms with Crippen LogP contribution >= 0.6 is 0 Å². The Morgan fingerprint density at radius 2 is 1.14 bits per heavy atom. The summed E-state index contributed by atoms with van der Waals surface area (Å²) in [7, 11) is 3.44. The van der Waals surface area contributed by atoms with Crippen LogP contribution in [0.5, 0.6) is 0 Å². The first-order valence-corrected chi connectivity index (χ1v) is 21.1. The van der Waals surface area contributed by atoms with Crippen molar-refractivity contribution in [2.75, 3.05) is 36.0 Å². The number of pyridine rings is 2. The second-order valence-corrected chi connectivity index (χ2v) is 17.0. The van der Waals surface area contributed by atoms with E-state index < -0.39 is 28.8 Å². The zero-order chi connectivity index (χ0) is 47.0. The molecule has 2 fully saturated rings. The number of halogens is 4. The standard InChI is InChI=1S/C24H21F2N7O.C23H24F2N6O/c1-15-28-13-20(34-15)17-9-18(11-27)22(19(10-17)16-3-4-21(25)29-12-16)33-7-5-24(26,6-8-33)23-31-30-14-32(23)2;1-22(2,32)17-10-16(12-26)20(18(11-17)15-4-5-19(24)27-13-15)31-8-6-23(25,7-9-31)21-29-28-14-30(21)3/h3-4,9-10,12-14H,5-8H2,1-2H3;4-5,10-11,13-14,32H,6-9H2,1-3H3. The highest BCUT2D eigenvalue weighted by Gasteiger charge is 2.42. The lowest BCUT2D eigenvalue weighted by Crippen LogP contribution is -2.42. The van der Waals surface area contributed by atoms with Crippen molar-refractivity contribution < 1.29 is 27.1 Å². The summed E-state index contributed by atoms with van der Waals surface area (Å²) in [6.07, 6.45) is 8.12. The third-order valence-electron chi connectivity index (χ3n) is 12.1. The molecule has 0 amide bonds. The van der Waals surface area contributed by atoms with Crippen LogP contribution < -0.4 is 9.80 Å². The monoisotopic (exact) mass is 899 g/mol. The Labute approximate surface area is 377 Å². The van der Waals surface area contributed by atoms with E-state index in [1.54, 1.807) is 80.5 Å². The zero-order valence-electron chi connectivity index (χ0n) is 36.8. The number of oxazole rings is 1. The Morgan fingerprint density at radius 1 is 0.667 bits per heavy atom. The summed E-state index contributed by atoms with van der Waals surface area (Å²) in [5.74, 6) is 0.391. The first-order valence-electron chi connectivity index (χ1n) is 21.1. The van der Waals surface area contributed by atoms with Crippen LogP contribution in [0.4, 0.5) is 28.9 Å². The van der Waals surface area contributed by atoms with Gasteiger partial charge in [0, 0.05) is 113 Å². The van der Waals surface area contributed by atoms with Crippen LogP contribution in [-0.4, -0.2) is 75.8 Å². The van der Waals surface area contributed by atoms with Crippen molar-refractivity contribution in [3.05, 3.63) is 126 Å². The number of piperidine rings is 2. The van der Waals surface area contributed by atoms with Gasteiger partial charge in [-0.25, -0.2) is 23.7 Å². The molecule has 0 radical (unpaired) electrons. The lowest BCUT2D eigenvalue weighted by molar-refractivity contribution is 0.0786. The molecule has 15 nitrogen and oxygen atoms in total. The molecule has 0 bridgehead atoms. The van der Waals surface area contributed by atoms with Crippen LogP contribution in [0.25, 0.3) is 33.6 Å². The average Bonchev–Trinajstić information content (AvgIpc) is 4.08. The summed E-state index contributed by atoms with van der Waals surface area (Å²) in [6, 6.07) is 17.2. The molecule has 1 N–H and O–H groups in total. The number of hydrogen-bond acceptors (Lipinski definition) is 13. The molecule has 0 saturated carbocycles. The Bertz CT molecular complexity index is 2950. The van der Waals surface area contributed by atoms with Crippen molar-refractivity contribution in [2.24, 2.45) is 14.1 Å². The summed E-state index contributed by atoms with van der Waals surface area (Å²) < 4.78 is 67.3. The number of nitrogens with zero attached hydrogens (tertiary/aromatic N) is 13. The van der Waals surface area contributed by atoms with Crippen LogP contribution in [0, 0.1) is 41.5 Å². The SMILES string of the molecule is Cc1ncc(-c2cc(C#N)c(N3CCC(F)(c4nncn4C)CC3)c(-c3ccc(F)nc3)c2)o1.Cn1cnnc1C1(F)CCN(c2c(C#N)cc(C(C)(C)O)cc2-c2ccc(F)nc2)CC1. The Balaban J connectivity index is 0.000000180. The van der Waals surface area contributed by atoms with Gasteiger partial charge in [-0.1, -0.05) is 0 Å². The van der Waals surface area contributed by atoms with Crippen LogP contribution in [-0.2, 0) is 31.0 Å². The Morgan fingerprint density at radius 3 is 1.52 bits per heavy atom. The highest BCUT2D eigenvalue weighted by molar-refractivity contribution is 5.87. The number of rotatable bonds is 8. The summed E-state index contributed by atoms with van der Waals surface area (Å²) in [5.41, 5.74) is 1.39. The number of aliphatic hydroxyl groups is 1. The number of hydrogen-bond donors (Lipinski definition) is 1. The number of benzene rings is 2. The van der Waals surface area contributed by atoms with Gasteiger partial charge in [-0.2, -0.15) is 19.3 Å². The zero-order valence-corrected chi connectivity index (χ0v) is 36.8. The van der Waals surface area contributed by atoms with Crippen LogP contribution in [0.2, 0.25) is 0 Å². The van der Waals surface area contributed by atoms with E-state index in [0.717, 1.165) is 0 Å². The fourth-order valence-electron chi connectivity index (χ4n) is 8.62. The number of alkyl halides is 2. The first-order chi connectivity index (χ1) is 31.5. The molecule has 7 aromatic rings. The van der Waals surface area contributed by atoms with Gasteiger partial charge in [0.2, 0.25) is 11.9 Å². The van der Waals surface area contributed by atoms with Gasteiger partial charge in [0.05, 0.1) is 34.3 Å². The predicted octanol–water partition coefficient (Wildman–Crippen LogP) is 7.90. The number of aryl methyl sites for hydroxylation is 3. The van der Waals surface area contributed by atoms with E-state index in [1.165, 1.54) is 37.2 Å². The van der Waals surface area contributed by atoms with E-state index >= 15 is 8.78 Å². The predicted molar refractivity (Wildman–Crippen MR) is 235 cm³/mol. The fourth-order valence-corrected chi connectivity index (χ4v) is 8.62. The van der Waals surface area contributed by atoms with Gasteiger partial charge in [0.25, 0.3) is 0 Å². The molecular formula is C47H45F4N13O2. The molecule has 19 heteroatoms. The molecule has 0 unspecified atom stereocenters. The molecule has 66 heavy (non-hydrogen) atoms. The van der Waals surface area contributed by atoms with Gasteiger partial charge in [-0.3, -0.25) is 0 Å². The molecular weight excluding hydrogens is 855 g/mol. The molecule has 0 spiro atoms. The van der Waals surface area contributed by atoms with Gasteiger partial charge < -0.3 is 28.5 Å². The molecule has 9 rings (SSSR count). The lowest BCUT2D eigenvalue weighted by atomic mass is 9.88. The molecule has 338 valence electrons. The largest absolute Gasteiger partial charge is 0.441 e. The van der Waals surface area contributed by atoms with E-state index in [0.29, 0.717) is 99.5 Å². The van der Waals surface area contributed by atoms with Crippen molar-refractivity contribution in [3.8, 4) is 45.7 Å². The van der Waals surface area contributed by atoms with Gasteiger partial charge in [0.15, 0.2) is 34.6 Å². The van der Waals surface area contributed by atoms with Gasteiger partial charge in [-0.15, -0.1) is 20.4 Å². The van der Waals surface area contributed by atoms with Crippen molar-refractivity contribution in [1.82, 2.24) is 44.5 Å². The quantitative estimate of drug-likeness (QED) is 0.115. The van der Waals surface area contributed by atoms with Crippen molar-refractivity contribution >= 4 is 11.4 Å². The smallest absolute Gasteiger partial charge is 0.212 e. The molecule has 2 aromatic carbocycles. The number of nitriles is 2. The van der Waals surface area contributed by atoms with E-state index in [9.17, 15) is 24.4 Å². The van der Waals surface area contributed by atoms with Gasteiger partial charge in [0.1, 0.15) is 24.8 Å². The van der Waals surface area contributed by atoms with Crippen molar-refractivity contribution in [2.45, 2.75) is 63.4 Å². The topological polar surface area (TPSA) is 188 Å². The fraction of sp³-hybridized carbons (Fsp3) is 0.340. The number of anilines is 2. The minimum Gasteiger partial charge on any atom is -0.441 e. The van der Waals surface area contributed by atoms with Crippen LogP contribution in [0.3, 0.4) is 0 Å². The maximum absolute atomic E-state index is 15.7. The second-order valence-electron chi connectivity index (χ2n) is 17.0. The second kappa shape index (κ2) is 17.8. The van der Waals surface area contributed by atoms with Crippen molar-refractivity contribution in [3.63, 3.8) is 0 Å².